The van der Waals surface area contributed by atoms with E-state index in [1.807, 2.05) is 48.7 Å². The van der Waals surface area contributed by atoms with Gasteiger partial charge >= 0.3 is 0 Å². The fraction of sp³-hybridized carbons (Fsp3) is 0.211. The quantitative estimate of drug-likeness (QED) is 0.860. The number of ketones is 1. The molecular weight excluding hydrogens is 274 g/mol. The maximum atomic E-state index is 11.9. The van der Waals surface area contributed by atoms with Crippen LogP contribution >= 0.6 is 0 Å². The van der Waals surface area contributed by atoms with Crippen LogP contribution in [0.4, 0.5) is 0 Å². The zero-order valence-corrected chi connectivity index (χ0v) is 12.6. The van der Waals surface area contributed by atoms with Crippen molar-refractivity contribution in [2.75, 3.05) is 7.11 Å². The first kappa shape index (κ1) is 14.4. The lowest BCUT2D eigenvalue weighted by atomic mass is 9.96. The van der Waals surface area contributed by atoms with Crippen LogP contribution in [0.25, 0.3) is 0 Å². The first-order chi connectivity index (χ1) is 10.8. The summed E-state index contributed by atoms with van der Waals surface area (Å²) >= 11 is 0. The third-order valence-corrected chi connectivity index (χ3v) is 3.95. The summed E-state index contributed by atoms with van der Waals surface area (Å²) in [6.07, 6.45) is 4.04. The van der Waals surface area contributed by atoms with Gasteiger partial charge in [-0.15, -0.1) is 0 Å². The molecule has 0 spiro atoms. The number of carbonyl (C=O) groups is 1. The molecule has 0 fully saturated rings. The Morgan fingerprint density at radius 3 is 2.59 bits per heavy atom. The summed E-state index contributed by atoms with van der Waals surface area (Å²) in [6.45, 7) is 0.771. The summed E-state index contributed by atoms with van der Waals surface area (Å²) in [6, 6.07) is 18.2. The van der Waals surface area contributed by atoms with Crippen molar-refractivity contribution in [3.8, 4) is 5.75 Å². The Labute approximate surface area is 130 Å². The van der Waals surface area contributed by atoms with E-state index in [-0.39, 0.29) is 11.8 Å². The van der Waals surface area contributed by atoms with Crippen LogP contribution in [0.1, 0.15) is 23.6 Å². The van der Waals surface area contributed by atoms with Gasteiger partial charge in [0.2, 0.25) is 0 Å². The number of para-hydroxylation sites is 1. The highest BCUT2D eigenvalue weighted by Crippen LogP contribution is 2.35. The largest absolute Gasteiger partial charge is 0.496 e. The molecule has 2 aromatic rings. The lowest BCUT2D eigenvalue weighted by molar-refractivity contribution is -0.116. The normalized spacial score (nSPS) is 17.6. The summed E-state index contributed by atoms with van der Waals surface area (Å²) in [5, 5.41) is 0. The summed E-state index contributed by atoms with van der Waals surface area (Å²) in [5.41, 5.74) is 2.28. The number of allylic oxidation sites excluding steroid dienone is 1. The van der Waals surface area contributed by atoms with Crippen molar-refractivity contribution < 1.29 is 9.53 Å². The summed E-state index contributed by atoms with van der Waals surface area (Å²) in [4.78, 5) is 14.1. The molecule has 0 N–H and O–H groups in total. The molecule has 3 heteroatoms. The predicted molar refractivity (Wildman–Crippen MR) is 86.5 cm³/mol. The Balaban J connectivity index is 1.92. The topological polar surface area (TPSA) is 29.5 Å². The highest BCUT2D eigenvalue weighted by atomic mass is 16.5. The van der Waals surface area contributed by atoms with E-state index in [0.29, 0.717) is 6.42 Å². The molecule has 3 nitrogen and oxygen atoms in total. The van der Waals surface area contributed by atoms with E-state index in [4.69, 9.17) is 4.74 Å². The third kappa shape index (κ3) is 3.03. The van der Waals surface area contributed by atoms with Gasteiger partial charge in [-0.25, -0.2) is 0 Å². The Bertz CT molecular complexity index is 679. The van der Waals surface area contributed by atoms with Crippen LogP contribution in [0.5, 0.6) is 5.75 Å². The number of methoxy groups -OCH3 is 1. The second kappa shape index (κ2) is 6.48. The van der Waals surface area contributed by atoms with Crippen molar-refractivity contribution in [2.45, 2.75) is 19.0 Å². The second-order valence-electron chi connectivity index (χ2n) is 5.40. The predicted octanol–water partition coefficient (Wildman–Crippen LogP) is 3.73. The lowest BCUT2D eigenvalue weighted by Crippen LogP contribution is -2.29. The van der Waals surface area contributed by atoms with E-state index < -0.39 is 0 Å². The highest BCUT2D eigenvalue weighted by molar-refractivity contribution is 5.91. The molecule has 0 amide bonds. The average molecular weight is 293 g/mol. The van der Waals surface area contributed by atoms with Crippen LogP contribution in [0, 0.1) is 0 Å². The van der Waals surface area contributed by atoms with Crippen molar-refractivity contribution >= 4 is 5.78 Å². The van der Waals surface area contributed by atoms with Crippen LogP contribution in [0.2, 0.25) is 0 Å². The average Bonchev–Trinajstić information content (AvgIpc) is 2.57. The minimum atomic E-state index is 0.00820. The highest BCUT2D eigenvalue weighted by Gasteiger charge is 2.26. The zero-order chi connectivity index (χ0) is 15.4. The maximum Gasteiger partial charge on any atom is 0.159 e. The van der Waals surface area contributed by atoms with E-state index in [9.17, 15) is 4.79 Å². The second-order valence-corrected chi connectivity index (χ2v) is 5.40. The van der Waals surface area contributed by atoms with Crippen LogP contribution in [-0.2, 0) is 11.3 Å². The Kier molecular flexibility index (Phi) is 4.24. The lowest BCUT2D eigenvalue weighted by Gasteiger charge is -2.34. The Morgan fingerprint density at radius 2 is 1.82 bits per heavy atom. The van der Waals surface area contributed by atoms with Gasteiger partial charge in [-0.1, -0.05) is 48.5 Å². The number of hydrogen-bond donors (Lipinski definition) is 0. The SMILES string of the molecule is COc1ccccc1[C@H]1CC(=O)C=CN1Cc1ccccc1. The fourth-order valence-corrected chi connectivity index (χ4v) is 2.85. The number of nitrogens with zero attached hydrogens (tertiary/aromatic N) is 1. The number of hydrogen-bond acceptors (Lipinski definition) is 3. The number of ether oxygens (including phenoxy) is 1. The van der Waals surface area contributed by atoms with Gasteiger partial charge < -0.3 is 9.64 Å². The van der Waals surface area contributed by atoms with Gasteiger partial charge in [0, 0.05) is 24.7 Å². The summed E-state index contributed by atoms with van der Waals surface area (Å²) in [7, 11) is 1.67. The molecule has 0 aromatic heterocycles. The van der Waals surface area contributed by atoms with Crippen molar-refractivity contribution in [1.29, 1.82) is 0 Å². The van der Waals surface area contributed by atoms with E-state index in [1.165, 1.54) is 5.56 Å². The van der Waals surface area contributed by atoms with Crippen molar-refractivity contribution in [3.05, 3.63) is 78.0 Å². The van der Waals surface area contributed by atoms with E-state index in [2.05, 4.69) is 17.0 Å². The first-order valence-corrected chi connectivity index (χ1v) is 7.41. The molecule has 22 heavy (non-hydrogen) atoms. The van der Waals surface area contributed by atoms with Crippen LogP contribution in [0.3, 0.4) is 0 Å². The number of carbonyl (C=O) groups excluding carboxylic acids is 1. The van der Waals surface area contributed by atoms with Crippen LogP contribution < -0.4 is 4.74 Å². The minimum absolute atomic E-state index is 0.00820. The van der Waals surface area contributed by atoms with E-state index in [0.717, 1.165) is 17.9 Å². The Morgan fingerprint density at radius 1 is 1.09 bits per heavy atom. The van der Waals surface area contributed by atoms with Crippen LogP contribution in [0.15, 0.2) is 66.9 Å². The van der Waals surface area contributed by atoms with Gasteiger partial charge in [0.05, 0.1) is 13.2 Å². The van der Waals surface area contributed by atoms with Crippen molar-refractivity contribution in [2.24, 2.45) is 0 Å². The van der Waals surface area contributed by atoms with Crippen LogP contribution in [-0.4, -0.2) is 17.8 Å². The van der Waals surface area contributed by atoms with Gasteiger partial charge in [-0.3, -0.25) is 4.79 Å². The van der Waals surface area contributed by atoms with Crippen molar-refractivity contribution in [3.63, 3.8) is 0 Å². The third-order valence-electron chi connectivity index (χ3n) is 3.95. The molecule has 0 saturated carbocycles. The molecule has 0 saturated heterocycles. The van der Waals surface area contributed by atoms with E-state index >= 15 is 0 Å². The standard InChI is InChI=1S/C19H19NO2/c1-22-19-10-6-5-9-17(19)18-13-16(21)11-12-20(18)14-15-7-3-2-4-8-15/h2-12,18H,13-14H2,1H3/t18-/m1/s1. The molecule has 1 heterocycles. The molecular formula is C19H19NO2. The van der Waals surface area contributed by atoms with Gasteiger partial charge in [-0.2, -0.15) is 0 Å². The number of rotatable bonds is 4. The van der Waals surface area contributed by atoms with E-state index in [1.54, 1.807) is 13.2 Å². The molecule has 1 aliphatic rings. The molecule has 1 aliphatic heterocycles. The van der Waals surface area contributed by atoms with Crippen molar-refractivity contribution in [1.82, 2.24) is 4.90 Å². The maximum absolute atomic E-state index is 11.9. The fourth-order valence-electron chi connectivity index (χ4n) is 2.85. The molecule has 0 radical (unpaired) electrons. The van der Waals surface area contributed by atoms with Gasteiger partial charge in [0.25, 0.3) is 0 Å². The van der Waals surface area contributed by atoms with Gasteiger partial charge in [0.15, 0.2) is 5.78 Å². The minimum Gasteiger partial charge on any atom is -0.496 e. The molecule has 0 bridgehead atoms. The summed E-state index contributed by atoms with van der Waals surface area (Å²) < 4.78 is 5.47. The first-order valence-electron chi connectivity index (χ1n) is 7.41. The zero-order valence-electron chi connectivity index (χ0n) is 12.6. The van der Waals surface area contributed by atoms with Gasteiger partial charge in [0.1, 0.15) is 5.75 Å². The molecule has 1 atom stereocenters. The molecule has 112 valence electrons. The molecule has 3 rings (SSSR count). The number of benzene rings is 2. The molecule has 2 aromatic carbocycles. The smallest absolute Gasteiger partial charge is 0.159 e. The summed E-state index contributed by atoms with van der Waals surface area (Å²) in [5.74, 6) is 0.980. The Hall–Kier alpha value is -2.55. The molecule has 0 aliphatic carbocycles. The van der Waals surface area contributed by atoms with Gasteiger partial charge in [-0.05, 0) is 17.7 Å². The molecule has 0 unspecified atom stereocenters. The monoisotopic (exact) mass is 293 g/mol.